The number of hydrogen-bond donors (Lipinski definition) is 1. The molecule has 60 valence electrons. The van der Waals surface area contributed by atoms with Crippen molar-refractivity contribution < 1.29 is 14.8 Å². The Morgan fingerprint density at radius 2 is 2.09 bits per heavy atom. The zero-order valence-corrected chi connectivity index (χ0v) is 6.07. The van der Waals surface area contributed by atoms with E-state index < -0.39 is 5.91 Å². The van der Waals surface area contributed by atoms with Crippen molar-refractivity contribution in [1.29, 1.82) is 0 Å². The third kappa shape index (κ3) is 1.10. The Kier molecular flexibility index (Phi) is 1.66. The first-order valence-electron chi connectivity index (χ1n) is 3.00. The SMILES string of the molecule is C=C1C(=O)N(O)CC(=O)N1C. The van der Waals surface area contributed by atoms with Crippen LogP contribution in [0.25, 0.3) is 0 Å². The number of hydrogen-bond acceptors (Lipinski definition) is 3. The zero-order valence-electron chi connectivity index (χ0n) is 6.07. The molecule has 0 aliphatic carbocycles. The van der Waals surface area contributed by atoms with Gasteiger partial charge in [0.1, 0.15) is 12.2 Å². The van der Waals surface area contributed by atoms with E-state index in [2.05, 4.69) is 6.58 Å². The second-order valence-corrected chi connectivity index (χ2v) is 2.26. The highest BCUT2D eigenvalue weighted by Gasteiger charge is 2.30. The fraction of sp³-hybridized carbons (Fsp3) is 0.333. The van der Waals surface area contributed by atoms with Crippen LogP contribution in [0.1, 0.15) is 0 Å². The van der Waals surface area contributed by atoms with Crippen LogP contribution in [0.5, 0.6) is 0 Å². The molecule has 1 N–H and O–H groups in total. The summed E-state index contributed by atoms with van der Waals surface area (Å²) in [6.45, 7) is 3.03. The summed E-state index contributed by atoms with van der Waals surface area (Å²) in [7, 11) is 1.44. The van der Waals surface area contributed by atoms with Crippen LogP contribution in [0, 0.1) is 0 Å². The van der Waals surface area contributed by atoms with Crippen molar-refractivity contribution in [2.75, 3.05) is 13.6 Å². The van der Waals surface area contributed by atoms with Gasteiger partial charge in [0.2, 0.25) is 5.91 Å². The molecule has 0 unspecified atom stereocenters. The average Bonchev–Trinajstić information content (AvgIpc) is 1.97. The van der Waals surface area contributed by atoms with E-state index in [1.54, 1.807) is 0 Å². The number of likely N-dealkylation sites (N-methyl/N-ethyl adjacent to an activating group) is 1. The predicted octanol–water partition coefficient (Wildman–Crippen LogP) is -0.810. The van der Waals surface area contributed by atoms with Gasteiger partial charge in [-0.25, -0.2) is 5.06 Å². The summed E-state index contributed by atoms with van der Waals surface area (Å²) in [6, 6.07) is 0. The lowest BCUT2D eigenvalue weighted by Crippen LogP contribution is -2.48. The third-order valence-electron chi connectivity index (χ3n) is 1.55. The fourth-order valence-corrected chi connectivity index (χ4v) is 0.749. The Morgan fingerprint density at radius 3 is 2.64 bits per heavy atom. The maximum Gasteiger partial charge on any atom is 0.293 e. The van der Waals surface area contributed by atoms with Crippen LogP contribution in [0.4, 0.5) is 0 Å². The Hall–Kier alpha value is -1.36. The first kappa shape index (κ1) is 7.74. The molecule has 1 rings (SSSR count). The van der Waals surface area contributed by atoms with Crippen LogP contribution in [0.15, 0.2) is 12.3 Å². The topological polar surface area (TPSA) is 60.9 Å². The summed E-state index contributed by atoms with van der Waals surface area (Å²) >= 11 is 0. The molecule has 1 saturated heterocycles. The smallest absolute Gasteiger partial charge is 0.293 e. The van der Waals surface area contributed by atoms with E-state index in [0.717, 1.165) is 4.90 Å². The minimum Gasteiger partial charge on any atom is -0.309 e. The molecule has 0 spiro atoms. The van der Waals surface area contributed by atoms with Gasteiger partial charge < -0.3 is 4.90 Å². The van der Waals surface area contributed by atoms with Crippen molar-refractivity contribution in [3.63, 3.8) is 0 Å². The summed E-state index contributed by atoms with van der Waals surface area (Å²) in [6.07, 6.45) is 0. The van der Waals surface area contributed by atoms with Crippen LogP contribution < -0.4 is 0 Å². The van der Waals surface area contributed by atoms with Crippen LogP contribution in [-0.4, -0.2) is 40.6 Å². The van der Waals surface area contributed by atoms with Gasteiger partial charge in [-0.05, 0) is 0 Å². The van der Waals surface area contributed by atoms with E-state index in [1.807, 2.05) is 0 Å². The van der Waals surface area contributed by atoms with Gasteiger partial charge in [0.25, 0.3) is 5.91 Å². The Balaban J connectivity index is 2.87. The van der Waals surface area contributed by atoms with Crippen molar-refractivity contribution in [2.24, 2.45) is 0 Å². The highest BCUT2D eigenvalue weighted by molar-refractivity contribution is 6.01. The van der Waals surface area contributed by atoms with E-state index in [4.69, 9.17) is 5.21 Å². The molecule has 1 aliphatic rings. The van der Waals surface area contributed by atoms with E-state index in [-0.39, 0.29) is 18.1 Å². The lowest BCUT2D eigenvalue weighted by atomic mass is 10.3. The molecule has 0 aromatic carbocycles. The third-order valence-corrected chi connectivity index (χ3v) is 1.55. The van der Waals surface area contributed by atoms with Gasteiger partial charge in [-0.1, -0.05) is 6.58 Å². The van der Waals surface area contributed by atoms with Gasteiger partial charge in [0.15, 0.2) is 0 Å². The van der Waals surface area contributed by atoms with Crippen molar-refractivity contribution in [3.8, 4) is 0 Å². The number of carbonyl (C=O) groups excluding carboxylic acids is 2. The Bertz CT molecular complexity index is 236. The highest BCUT2D eigenvalue weighted by atomic mass is 16.5. The van der Waals surface area contributed by atoms with Gasteiger partial charge in [0, 0.05) is 7.05 Å². The van der Waals surface area contributed by atoms with Crippen LogP contribution in [-0.2, 0) is 9.59 Å². The van der Waals surface area contributed by atoms with Gasteiger partial charge in [0.05, 0.1) is 0 Å². The summed E-state index contributed by atoms with van der Waals surface area (Å²) < 4.78 is 0. The second kappa shape index (κ2) is 2.35. The van der Waals surface area contributed by atoms with Crippen molar-refractivity contribution in [1.82, 2.24) is 9.96 Å². The van der Waals surface area contributed by atoms with E-state index >= 15 is 0 Å². The first-order chi connectivity index (χ1) is 5.04. The Labute approximate surface area is 63.5 Å². The lowest BCUT2D eigenvalue weighted by Gasteiger charge is -2.28. The number of amides is 2. The van der Waals surface area contributed by atoms with E-state index in [9.17, 15) is 9.59 Å². The molecule has 11 heavy (non-hydrogen) atoms. The molecular weight excluding hydrogens is 148 g/mol. The molecule has 0 aromatic rings. The number of carbonyl (C=O) groups is 2. The molecule has 0 aromatic heterocycles. The molecule has 1 aliphatic heterocycles. The summed E-state index contributed by atoms with van der Waals surface area (Å²) in [4.78, 5) is 22.9. The molecule has 0 saturated carbocycles. The lowest BCUT2D eigenvalue weighted by molar-refractivity contribution is -0.174. The van der Waals surface area contributed by atoms with Crippen LogP contribution in [0.3, 0.4) is 0 Å². The molecule has 1 fully saturated rings. The van der Waals surface area contributed by atoms with Gasteiger partial charge in [-0.15, -0.1) is 0 Å². The molecule has 0 atom stereocenters. The number of rotatable bonds is 0. The summed E-state index contributed by atoms with van der Waals surface area (Å²) in [5.74, 6) is -0.982. The van der Waals surface area contributed by atoms with Crippen LogP contribution in [0.2, 0.25) is 0 Å². The largest absolute Gasteiger partial charge is 0.309 e. The predicted molar refractivity (Wildman–Crippen MR) is 35.4 cm³/mol. The molecule has 5 nitrogen and oxygen atoms in total. The first-order valence-corrected chi connectivity index (χ1v) is 3.00. The standard InChI is InChI=1S/C6H8N2O3/c1-4-6(10)8(11)3-5(9)7(4)2/h11H,1,3H2,2H3. The summed E-state index contributed by atoms with van der Waals surface area (Å²) in [5.41, 5.74) is -0.0104. The maximum absolute atomic E-state index is 10.9. The van der Waals surface area contributed by atoms with E-state index in [1.165, 1.54) is 7.05 Å². The molecular formula is C6H8N2O3. The van der Waals surface area contributed by atoms with Gasteiger partial charge in [-0.3, -0.25) is 14.8 Å². The average molecular weight is 156 g/mol. The maximum atomic E-state index is 10.9. The molecule has 5 heteroatoms. The van der Waals surface area contributed by atoms with Crippen molar-refractivity contribution >= 4 is 11.8 Å². The fourth-order valence-electron chi connectivity index (χ4n) is 0.749. The Morgan fingerprint density at radius 1 is 1.55 bits per heavy atom. The molecule has 0 bridgehead atoms. The number of piperazine rings is 1. The van der Waals surface area contributed by atoms with Crippen molar-refractivity contribution in [3.05, 3.63) is 12.3 Å². The highest BCUT2D eigenvalue weighted by Crippen LogP contribution is 2.09. The molecule has 0 radical (unpaired) electrons. The van der Waals surface area contributed by atoms with Gasteiger partial charge in [-0.2, -0.15) is 0 Å². The van der Waals surface area contributed by atoms with Crippen molar-refractivity contribution in [2.45, 2.75) is 0 Å². The quantitative estimate of drug-likeness (QED) is 0.368. The minimum atomic E-state index is -0.632. The second-order valence-electron chi connectivity index (χ2n) is 2.26. The molecule has 1 heterocycles. The monoisotopic (exact) mass is 156 g/mol. The van der Waals surface area contributed by atoms with Crippen LogP contribution >= 0.6 is 0 Å². The zero-order chi connectivity index (χ0) is 8.59. The number of nitrogens with zero attached hydrogens (tertiary/aromatic N) is 2. The minimum absolute atomic E-state index is 0.0104. The van der Waals surface area contributed by atoms with E-state index in [0.29, 0.717) is 5.06 Å². The molecule has 2 amide bonds. The van der Waals surface area contributed by atoms with Gasteiger partial charge >= 0.3 is 0 Å². The normalized spacial score (nSPS) is 19.6. The summed E-state index contributed by atoms with van der Waals surface area (Å²) in [5, 5.41) is 9.16. The number of hydroxylamine groups is 2.